The van der Waals surface area contributed by atoms with Crippen LogP contribution in [0.4, 0.5) is 11.5 Å². The molecule has 2 heterocycles. The molecule has 0 spiro atoms. The summed E-state index contributed by atoms with van der Waals surface area (Å²) >= 11 is 0. The molecule has 1 aliphatic rings. The first-order valence-electron chi connectivity index (χ1n) is 6.89. The van der Waals surface area contributed by atoms with Gasteiger partial charge in [-0.1, -0.05) is 6.42 Å². The van der Waals surface area contributed by atoms with Crippen molar-refractivity contribution in [3.05, 3.63) is 27.9 Å². The van der Waals surface area contributed by atoms with Crippen molar-refractivity contribution in [1.82, 2.24) is 15.4 Å². The Kier molecular flexibility index (Phi) is 4.37. The van der Waals surface area contributed by atoms with Crippen LogP contribution in [0.1, 0.15) is 43.5 Å². The van der Waals surface area contributed by atoms with Crippen LogP contribution in [0.15, 0.2) is 12.3 Å². The van der Waals surface area contributed by atoms with Crippen LogP contribution in [-0.4, -0.2) is 32.9 Å². The number of nitrogens with zero attached hydrogens (tertiary/aromatic N) is 3. The molecule has 0 aliphatic carbocycles. The minimum atomic E-state index is -0.635. The highest BCUT2D eigenvalue weighted by Crippen LogP contribution is 2.23. The second-order valence-corrected chi connectivity index (χ2v) is 5.36. The number of pyridine rings is 1. The van der Waals surface area contributed by atoms with Crippen LogP contribution in [0, 0.1) is 10.1 Å². The average Bonchev–Trinajstić information content (AvgIpc) is 2.42. The SMILES string of the molecule is CC1CCCC(C)N1NC(=O)c1cc(N)ncc1[N+](=O)[O-]. The number of piperidine rings is 1. The van der Waals surface area contributed by atoms with E-state index >= 15 is 0 Å². The summed E-state index contributed by atoms with van der Waals surface area (Å²) in [5.41, 5.74) is 7.87. The first-order chi connectivity index (χ1) is 9.90. The third kappa shape index (κ3) is 3.27. The van der Waals surface area contributed by atoms with Gasteiger partial charge in [0.1, 0.15) is 17.6 Å². The van der Waals surface area contributed by atoms with E-state index in [1.165, 1.54) is 6.07 Å². The molecule has 8 nitrogen and oxygen atoms in total. The number of hydrogen-bond donors (Lipinski definition) is 2. The second kappa shape index (κ2) is 6.04. The Morgan fingerprint density at radius 2 is 2.10 bits per heavy atom. The van der Waals surface area contributed by atoms with Crippen molar-refractivity contribution in [2.24, 2.45) is 0 Å². The monoisotopic (exact) mass is 293 g/mol. The molecule has 1 fully saturated rings. The van der Waals surface area contributed by atoms with E-state index in [0.29, 0.717) is 0 Å². The third-order valence-electron chi connectivity index (χ3n) is 3.77. The van der Waals surface area contributed by atoms with Gasteiger partial charge in [-0.05, 0) is 26.7 Å². The number of hydrogen-bond acceptors (Lipinski definition) is 6. The number of amides is 1. The van der Waals surface area contributed by atoms with E-state index in [2.05, 4.69) is 10.4 Å². The zero-order valence-corrected chi connectivity index (χ0v) is 12.1. The van der Waals surface area contributed by atoms with Gasteiger partial charge in [-0.15, -0.1) is 0 Å². The normalized spacial score (nSPS) is 22.8. The third-order valence-corrected chi connectivity index (χ3v) is 3.77. The lowest BCUT2D eigenvalue weighted by Gasteiger charge is -2.38. The molecular weight excluding hydrogens is 274 g/mol. The average molecular weight is 293 g/mol. The molecule has 0 radical (unpaired) electrons. The number of nitro groups is 1. The fourth-order valence-electron chi connectivity index (χ4n) is 2.61. The number of nitrogens with two attached hydrogens (primary N) is 1. The number of aromatic nitrogens is 1. The van der Waals surface area contributed by atoms with E-state index in [0.717, 1.165) is 25.5 Å². The quantitative estimate of drug-likeness (QED) is 0.644. The smallest absolute Gasteiger partial charge is 0.300 e. The van der Waals surface area contributed by atoms with E-state index in [-0.39, 0.29) is 29.2 Å². The van der Waals surface area contributed by atoms with Gasteiger partial charge in [0, 0.05) is 18.2 Å². The molecule has 2 unspecified atom stereocenters. The predicted molar refractivity (Wildman–Crippen MR) is 77.4 cm³/mol. The maximum Gasteiger partial charge on any atom is 0.300 e. The Hall–Kier alpha value is -2.22. The van der Waals surface area contributed by atoms with E-state index in [1.807, 2.05) is 18.9 Å². The van der Waals surface area contributed by atoms with Crippen molar-refractivity contribution in [3.8, 4) is 0 Å². The number of carbonyl (C=O) groups is 1. The fraction of sp³-hybridized carbons (Fsp3) is 0.538. The van der Waals surface area contributed by atoms with Gasteiger partial charge in [-0.2, -0.15) is 0 Å². The summed E-state index contributed by atoms with van der Waals surface area (Å²) in [5, 5.41) is 12.8. The van der Waals surface area contributed by atoms with E-state index in [4.69, 9.17) is 5.73 Å². The van der Waals surface area contributed by atoms with Crippen LogP contribution >= 0.6 is 0 Å². The summed E-state index contributed by atoms with van der Waals surface area (Å²) in [4.78, 5) is 26.4. The molecule has 2 atom stereocenters. The lowest BCUT2D eigenvalue weighted by molar-refractivity contribution is -0.385. The van der Waals surface area contributed by atoms with Gasteiger partial charge >= 0.3 is 0 Å². The number of anilines is 1. The summed E-state index contributed by atoms with van der Waals surface area (Å²) in [5.74, 6) is -0.457. The molecule has 1 aromatic heterocycles. The molecule has 8 heteroatoms. The van der Waals surface area contributed by atoms with Crippen LogP contribution in [0.3, 0.4) is 0 Å². The van der Waals surface area contributed by atoms with Crippen molar-refractivity contribution in [2.45, 2.75) is 45.2 Å². The summed E-state index contributed by atoms with van der Waals surface area (Å²) in [6, 6.07) is 1.61. The maximum atomic E-state index is 12.3. The topological polar surface area (TPSA) is 114 Å². The Labute approximate surface area is 122 Å². The summed E-state index contributed by atoms with van der Waals surface area (Å²) in [7, 11) is 0. The van der Waals surface area contributed by atoms with E-state index < -0.39 is 10.8 Å². The van der Waals surface area contributed by atoms with Crippen molar-refractivity contribution in [3.63, 3.8) is 0 Å². The highest BCUT2D eigenvalue weighted by Gasteiger charge is 2.29. The Morgan fingerprint density at radius 1 is 1.48 bits per heavy atom. The van der Waals surface area contributed by atoms with Gasteiger partial charge in [0.2, 0.25) is 0 Å². The van der Waals surface area contributed by atoms with Crippen molar-refractivity contribution in [2.75, 3.05) is 5.73 Å². The molecule has 0 bridgehead atoms. The fourth-order valence-corrected chi connectivity index (χ4v) is 2.61. The van der Waals surface area contributed by atoms with Gasteiger partial charge in [-0.25, -0.2) is 9.99 Å². The highest BCUT2D eigenvalue weighted by atomic mass is 16.6. The highest BCUT2D eigenvalue weighted by molar-refractivity contribution is 5.98. The molecule has 114 valence electrons. The lowest BCUT2D eigenvalue weighted by Crippen LogP contribution is -2.54. The van der Waals surface area contributed by atoms with Gasteiger partial charge < -0.3 is 5.73 Å². The summed E-state index contributed by atoms with van der Waals surface area (Å²) in [6.07, 6.45) is 4.07. The maximum absolute atomic E-state index is 12.3. The molecule has 21 heavy (non-hydrogen) atoms. The number of nitrogen functional groups attached to an aromatic ring is 1. The molecule has 2 rings (SSSR count). The largest absolute Gasteiger partial charge is 0.384 e. The lowest BCUT2D eigenvalue weighted by atomic mass is 10.00. The molecule has 1 saturated heterocycles. The molecule has 0 aromatic carbocycles. The minimum absolute atomic E-state index is 0.0718. The van der Waals surface area contributed by atoms with Crippen molar-refractivity contribution in [1.29, 1.82) is 0 Å². The molecule has 1 amide bonds. The van der Waals surface area contributed by atoms with Crippen LogP contribution < -0.4 is 11.2 Å². The minimum Gasteiger partial charge on any atom is -0.384 e. The number of rotatable bonds is 3. The number of carbonyl (C=O) groups excluding carboxylic acids is 1. The van der Waals surface area contributed by atoms with Crippen LogP contribution in [0.2, 0.25) is 0 Å². The van der Waals surface area contributed by atoms with E-state index in [1.54, 1.807) is 0 Å². The van der Waals surface area contributed by atoms with Crippen molar-refractivity contribution < 1.29 is 9.72 Å². The van der Waals surface area contributed by atoms with Gasteiger partial charge in [0.25, 0.3) is 11.6 Å². The standard InChI is InChI=1S/C13H19N5O3/c1-8-4-3-5-9(2)17(8)16-13(19)10-6-12(14)15-7-11(10)18(20)21/h6-9H,3-5H2,1-2H3,(H2,14,15)(H,16,19). The molecular formula is C13H19N5O3. The number of nitrogens with one attached hydrogen (secondary N) is 1. The Balaban J connectivity index is 2.24. The molecule has 0 saturated carbocycles. The van der Waals surface area contributed by atoms with Gasteiger partial charge in [0.05, 0.1) is 4.92 Å². The van der Waals surface area contributed by atoms with Gasteiger partial charge in [0.15, 0.2) is 0 Å². The molecule has 1 aliphatic heterocycles. The van der Waals surface area contributed by atoms with E-state index in [9.17, 15) is 14.9 Å². The number of hydrazine groups is 1. The predicted octanol–water partition coefficient (Wildman–Crippen LogP) is 1.48. The molecule has 3 N–H and O–H groups in total. The van der Waals surface area contributed by atoms with Crippen LogP contribution in [-0.2, 0) is 0 Å². The summed E-state index contributed by atoms with van der Waals surface area (Å²) < 4.78 is 0. The molecule has 1 aromatic rings. The van der Waals surface area contributed by atoms with Crippen LogP contribution in [0.25, 0.3) is 0 Å². The van der Waals surface area contributed by atoms with Crippen LogP contribution in [0.5, 0.6) is 0 Å². The Bertz CT molecular complexity index is 553. The second-order valence-electron chi connectivity index (χ2n) is 5.36. The van der Waals surface area contributed by atoms with Crippen molar-refractivity contribution >= 4 is 17.4 Å². The first kappa shape index (κ1) is 15.2. The zero-order chi connectivity index (χ0) is 15.6. The Morgan fingerprint density at radius 3 is 2.67 bits per heavy atom. The summed E-state index contributed by atoms with van der Waals surface area (Å²) in [6.45, 7) is 4.04. The van der Waals surface area contributed by atoms with Gasteiger partial charge in [-0.3, -0.25) is 20.3 Å². The zero-order valence-electron chi connectivity index (χ0n) is 12.1. The first-order valence-corrected chi connectivity index (χ1v) is 6.89.